The van der Waals surface area contributed by atoms with Crippen LogP contribution in [0.15, 0.2) is 0 Å². The molecule has 1 aliphatic heterocycles. The van der Waals surface area contributed by atoms with Crippen molar-refractivity contribution in [2.24, 2.45) is 5.92 Å². The molecule has 2 atom stereocenters. The van der Waals surface area contributed by atoms with Crippen molar-refractivity contribution < 1.29 is 4.79 Å². The second-order valence-electron chi connectivity index (χ2n) is 4.58. The maximum atomic E-state index is 11.8. The van der Waals surface area contributed by atoms with Crippen molar-refractivity contribution in [3.63, 3.8) is 0 Å². The zero-order chi connectivity index (χ0) is 12.0. The van der Waals surface area contributed by atoms with Gasteiger partial charge in [0.15, 0.2) is 0 Å². The molecule has 0 aromatic heterocycles. The molecular formula is C12H21N3O. The van der Waals surface area contributed by atoms with E-state index in [0.29, 0.717) is 12.3 Å². The van der Waals surface area contributed by atoms with Crippen LogP contribution in [0.3, 0.4) is 0 Å². The molecule has 16 heavy (non-hydrogen) atoms. The first-order chi connectivity index (χ1) is 7.69. The number of carbonyl (C=O) groups is 1. The van der Waals surface area contributed by atoms with Crippen LogP contribution in [0.25, 0.3) is 0 Å². The van der Waals surface area contributed by atoms with Crippen LogP contribution in [0.4, 0.5) is 0 Å². The zero-order valence-electron chi connectivity index (χ0n) is 10.2. The van der Waals surface area contributed by atoms with Gasteiger partial charge in [0, 0.05) is 13.1 Å². The van der Waals surface area contributed by atoms with E-state index >= 15 is 0 Å². The quantitative estimate of drug-likeness (QED) is 0.777. The summed E-state index contributed by atoms with van der Waals surface area (Å²) in [4.78, 5) is 14.0. The predicted molar refractivity (Wildman–Crippen MR) is 62.7 cm³/mol. The largest absolute Gasteiger partial charge is 0.354 e. The van der Waals surface area contributed by atoms with Crippen LogP contribution in [0.2, 0.25) is 0 Å². The van der Waals surface area contributed by atoms with Crippen LogP contribution < -0.4 is 5.32 Å². The molecule has 0 bridgehead atoms. The third kappa shape index (κ3) is 3.49. The van der Waals surface area contributed by atoms with Crippen molar-refractivity contribution in [1.29, 1.82) is 5.26 Å². The van der Waals surface area contributed by atoms with Gasteiger partial charge in [0.2, 0.25) is 5.91 Å². The van der Waals surface area contributed by atoms with Crippen molar-refractivity contribution in [2.45, 2.75) is 39.2 Å². The highest BCUT2D eigenvalue weighted by atomic mass is 16.2. The molecular weight excluding hydrogens is 202 g/mol. The Morgan fingerprint density at radius 1 is 1.62 bits per heavy atom. The fourth-order valence-corrected chi connectivity index (χ4v) is 2.07. The second kappa shape index (κ2) is 6.49. The molecule has 4 heteroatoms. The van der Waals surface area contributed by atoms with E-state index in [9.17, 15) is 4.79 Å². The van der Waals surface area contributed by atoms with Crippen LogP contribution >= 0.6 is 0 Å². The van der Waals surface area contributed by atoms with Crippen molar-refractivity contribution >= 4 is 5.91 Å². The average molecular weight is 223 g/mol. The maximum absolute atomic E-state index is 11.8. The Bertz CT molecular complexity index is 272. The highest BCUT2D eigenvalue weighted by Gasteiger charge is 2.29. The van der Waals surface area contributed by atoms with Gasteiger partial charge < -0.3 is 5.32 Å². The lowest BCUT2D eigenvalue weighted by molar-refractivity contribution is -0.125. The monoisotopic (exact) mass is 223 g/mol. The highest BCUT2D eigenvalue weighted by molar-refractivity contribution is 5.82. The van der Waals surface area contributed by atoms with Gasteiger partial charge in [-0.25, -0.2) is 0 Å². The minimum absolute atomic E-state index is 0.0157. The lowest BCUT2D eigenvalue weighted by Gasteiger charge is -2.27. The van der Waals surface area contributed by atoms with Crippen LogP contribution in [-0.2, 0) is 4.79 Å². The van der Waals surface area contributed by atoms with E-state index in [1.54, 1.807) is 0 Å². The van der Waals surface area contributed by atoms with Gasteiger partial charge in [-0.15, -0.1) is 0 Å². The third-order valence-corrected chi connectivity index (χ3v) is 3.00. The third-order valence-electron chi connectivity index (χ3n) is 3.00. The summed E-state index contributed by atoms with van der Waals surface area (Å²) in [7, 11) is 0. The Balaban J connectivity index is 2.69. The minimum atomic E-state index is -0.249. The lowest BCUT2D eigenvalue weighted by atomic mass is 10.1. The Kier molecular flexibility index (Phi) is 5.27. The first-order valence-electron chi connectivity index (χ1n) is 6.07. The first-order valence-corrected chi connectivity index (χ1v) is 6.07. The van der Waals surface area contributed by atoms with Gasteiger partial charge in [-0.1, -0.05) is 20.3 Å². The van der Waals surface area contributed by atoms with Crippen LogP contribution in [0.5, 0.6) is 0 Å². The normalized spacial score (nSPS) is 26.9. The van der Waals surface area contributed by atoms with E-state index in [4.69, 9.17) is 5.26 Å². The summed E-state index contributed by atoms with van der Waals surface area (Å²) in [6.45, 7) is 6.82. The van der Waals surface area contributed by atoms with Crippen LogP contribution in [0.1, 0.15) is 33.1 Å². The second-order valence-corrected chi connectivity index (χ2v) is 4.58. The fraction of sp³-hybridized carbons (Fsp3) is 0.833. The predicted octanol–water partition coefficient (Wildman–Crippen LogP) is 1.14. The number of rotatable bonds is 4. The Morgan fingerprint density at radius 2 is 2.38 bits per heavy atom. The number of hydrogen-bond acceptors (Lipinski definition) is 3. The number of nitriles is 1. The molecule has 4 nitrogen and oxygen atoms in total. The molecule has 0 aliphatic carbocycles. The molecule has 0 aromatic carbocycles. The summed E-state index contributed by atoms with van der Waals surface area (Å²) in [6, 6.07) is 1.87. The van der Waals surface area contributed by atoms with Crippen molar-refractivity contribution in [3.05, 3.63) is 0 Å². The summed E-state index contributed by atoms with van der Waals surface area (Å²) in [5, 5.41) is 11.7. The van der Waals surface area contributed by atoms with Gasteiger partial charge in [-0.2, -0.15) is 5.26 Å². The van der Waals surface area contributed by atoms with E-state index in [-0.39, 0.29) is 11.9 Å². The Labute approximate surface area is 97.6 Å². The van der Waals surface area contributed by atoms with Crippen LogP contribution in [0, 0.1) is 17.2 Å². The minimum Gasteiger partial charge on any atom is -0.354 e. The number of carbonyl (C=O) groups excluding carboxylic acids is 1. The molecule has 1 rings (SSSR count). The smallest absolute Gasteiger partial charge is 0.238 e. The number of hydrogen-bond donors (Lipinski definition) is 1. The van der Waals surface area contributed by atoms with Crippen LogP contribution in [-0.4, -0.2) is 36.5 Å². The molecule has 0 spiro atoms. The maximum Gasteiger partial charge on any atom is 0.238 e. The first kappa shape index (κ1) is 13.0. The van der Waals surface area contributed by atoms with Crippen molar-refractivity contribution in [1.82, 2.24) is 10.2 Å². The summed E-state index contributed by atoms with van der Waals surface area (Å²) < 4.78 is 0. The van der Waals surface area contributed by atoms with E-state index in [0.717, 1.165) is 32.5 Å². The molecule has 90 valence electrons. The van der Waals surface area contributed by atoms with Gasteiger partial charge in [-0.3, -0.25) is 9.69 Å². The van der Waals surface area contributed by atoms with Gasteiger partial charge in [-0.05, 0) is 18.9 Å². The van der Waals surface area contributed by atoms with Gasteiger partial charge in [0.25, 0.3) is 0 Å². The molecule has 1 heterocycles. The fourth-order valence-electron chi connectivity index (χ4n) is 2.07. The average Bonchev–Trinajstić information content (AvgIpc) is 2.40. The number of unbranched alkanes of at least 4 members (excludes halogenated alkanes) is 1. The molecule has 0 radical (unpaired) electrons. The highest BCUT2D eigenvalue weighted by Crippen LogP contribution is 2.13. The molecule has 1 aliphatic rings. The molecule has 1 saturated heterocycles. The molecule has 0 saturated carbocycles. The standard InChI is InChI=1S/C12H21N3O/c1-3-4-7-15-9-10(2)8-14-12(16)11(15)5-6-13/h10-11H,3-5,7-9H2,1-2H3,(H,14,16). The van der Waals surface area contributed by atoms with Gasteiger partial charge >= 0.3 is 0 Å². The zero-order valence-corrected chi connectivity index (χ0v) is 10.2. The van der Waals surface area contributed by atoms with E-state index < -0.39 is 0 Å². The molecule has 1 fully saturated rings. The van der Waals surface area contributed by atoms with Crippen molar-refractivity contribution in [2.75, 3.05) is 19.6 Å². The lowest BCUT2D eigenvalue weighted by Crippen LogP contribution is -2.44. The summed E-state index contributed by atoms with van der Waals surface area (Å²) in [6.07, 6.45) is 2.50. The SMILES string of the molecule is CCCCN1CC(C)CNC(=O)C1CC#N. The number of nitrogens with zero attached hydrogens (tertiary/aromatic N) is 2. The van der Waals surface area contributed by atoms with E-state index in [1.807, 2.05) is 0 Å². The Morgan fingerprint density at radius 3 is 3.00 bits per heavy atom. The summed E-state index contributed by atoms with van der Waals surface area (Å²) >= 11 is 0. The molecule has 1 N–H and O–H groups in total. The van der Waals surface area contributed by atoms with Gasteiger partial charge in [0.05, 0.1) is 12.5 Å². The number of nitrogens with one attached hydrogen (secondary N) is 1. The summed E-state index contributed by atoms with van der Waals surface area (Å²) in [5.41, 5.74) is 0. The van der Waals surface area contributed by atoms with Crippen molar-refractivity contribution in [3.8, 4) is 6.07 Å². The Hall–Kier alpha value is -1.08. The van der Waals surface area contributed by atoms with E-state index in [2.05, 4.69) is 30.1 Å². The topological polar surface area (TPSA) is 56.1 Å². The molecule has 1 amide bonds. The van der Waals surface area contributed by atoms with Gasteiger partial charge in [0.1, 0.15) is 6.04 Å². The number of amides is 1. The van der Waals surface area contributed by atoms with E-state index in [1.165, 1.54) is 0 Å². The summed E-state index contributed by atoms with van der Waals surface area (Å²) in [5.74, 6) is 0.478. The molecule has 2 unspecified atom stereocenters. The molecule has 0 aromatic rings.